The second kappa shape index (κ2) is 7.02. The fourth-order valence-electron chi connectivity index (χ4n) is 2.66. The summed E-state index contributed by atoms with van der Waals surface area (Å²) < 4.78 is 2.15. The fourth-order valence-corrected chi connectivity index (χ4v) is 3.30. The van der Waals surface area contributed by atoms with Crippen molar-refractivity contribution in [3.05, 3.63) is 80.6 Å². The molecule has 0 fully saturated rings. The molecular weight excluding hydrogens is 363 g/mol. The van der Waals surface area contributed by atoms with Crippen LogP contribution in [0.2, 0.25) is 15.1 Å². The minimum Gasteiger partial charge on any atom is -0.318 e. The molecule has 0 saturated carbocycles. The molecule has 0 atom stereocenters. The van der Waals surface area contributed by atoms with Crippen molar-refractivity contribution >= 4 is 46.7 Å². The van der Waals surface area contributed by atoms with Gasteiger partial charge >= 0.3 is 0 Å². The molecule has 0 spiro atoms. The molecule has 3 rings (SSSR count). The summed E-state index contributed by atoms with van der Waals surface area (Å²) in [6.07, 6.45) is 1.82. The molecule has 2 nitrogen and oxygen atoms in total. The number of aryl methyl sites for hydroxylation is 1. The van der Waals surface area contributed by atoms with Crippen LogP contribution in [0.3, 0.4) is 0 Å². The first-order chi connectivity index (χ1) is 11.5. The first-order valence-electron chi connectivity index (χ1n) is 7.39. The number of aromatic nitrogens is 1. The Hall–Kier alpha value is -1.74. The van der Waals surface area contributed by atoms with Gasteiger partial charge in [0.15, 0.2) is 0 Å². The normalized spacial score (nSPS) is 11.4. The average Bonchev–Trinajstić information content (AvgIpc) is 2.80. The van der Waals surface area contributed by atoms with Crippen molar-refractivity contribution in [1.82, 2.24) is 4.57 Å². The van der Waals surface area contributed by atoms with Gasteiger partial charge in [-0.15, -0.1) is 0 Å². The van der Waals surface area contributed by atoms with Crippen LogP contribution in [0.25, 0.3) is 5.69 Å². The zero-order valence-corrected chi connectivity index (χ0v) is 15.5. The number of aliphatic imine (C=N–C) groups is 1. The lowest BCUT2D eigenvalue weighted by atomic mass is 10.2. The third-order valence-electron chi connectivity index (χ3n) is 3.79. The maximum Gasteiger partial charge on any atom is 0.0817 e. The van der Waals surface area contributed by atoms with Crippen LogP contribution in [-0.2, 0) is 0 Å². The molecule has 5 heteroatoms. The molecule has 0 radical (unpaired) electrons. The summed E-state index contributed by atoms with van der Waals surface area (Å²) in [6.45, 7) is 4.11. The number of halogens is 3. The van der Waals surface area contributed by atoms with Crippen molar-refractivity contribution in [3.63, 3.8) is 0 Å². The quantitative estimate of drug-likeness (QED) is 0.446. The van der Waals surface area contributed by atoms with Gasteiger partial charge in [-0.25, -0.2) is 0 Å². The Morgan fingerprint density at radius 1 is 0.917 bits per heavy atom. The van der Waals surface area contributed by atoms with Gasteiger partial charge in [0.05, 0.1) is 10.7 Å². The molecule has 2 aromatic carbocycles. The van der Waals surface area contributed by atoms with Crippen LogP contribution in [0.15, 0.2) is 53.5 Å². The van der Waals surface area contributed by atoms with E-state index in [0.29, 0.717) is 20.8 Å². The van der Waals surface area contributed by atoms with Crippen molar-refractivity contribution in [2.24, 2.45) is 4.99 Å². The molecule has 0 aliphatic heterocycles. The lowest BCUT2D eigenvalue weighted by Crippen LogP contribution is -1.99. The molecule has 0 N–H and O–H groups in total. The molecule has 122 valence electrons. The van der Waals surface area contributed by atoms with E-state index in [9.17, 15) is 0 Å². The molecule has 0 aliphatic carbocycles. The molecule has 24 heavy (non-hydrogen) atoms. The van der Waals surface area contributed by atoms with Crippen molar-refractivity contribution in [1.29, 1.82) is 0 Å². The minimum atomic E-state index is 0.530. The fraction of sp³-hybridized carbons (Fsp3) is 0.105. The van der Waals surface area contributed by atoms with Crippen LogP contribution < -0.4 is 0 Å². The summed E-state index contributed by atoms with van der Waals surface area (Å²) >= 11 is 18.2. The van der Waals surface area contributed by atoms with Crippen molar-refractivity contribution in [3.8, 4) is 5.69 Å². The van der Waals surface area contributed by atoms with Crippen molar-refractivity contribution in [2.45, 2.75) is 13.8 Å². The van der Waals surface area contributed by atoms with Crippen LogP contribution >= 0.6 is 34.8 Å². The smallest absolute Gasteiger partial charge is 0.0817 e. The van der Waals surface area contributed by atoms with Gasteiger partial charge in [0.2, 0.25) is 0 Å². The SMILES string of the molecule is Cc1cc(C=Nc2ccc(Cl)cc2Cl)c(C)n1-c1cccc(Cl)c1. The highest BCUT2D eigenvalue weighted by atomic mass is 35.5. The van der Waals surface area contributed by atoms with Crippen molar-refractivity contribution in [2.75, 3.05) is 0 Å². The Balaban J connectivity index is 1.98. The van der Waals surface area contributed by atoms with E-state index in [1.807, 2.05) is 30.5 Å². The summed E-state index contributed by atoms with van der Waals surface area (Å²) in [4.78, 5) is 4.49. The van der Waals surface area contributed by atoms with Gasteiger partial charge in [0, 0.05) is 38.9 Å². The number of hydrogen-bond acceptors (Lipinski definition) is 1. The number of rotatable bonds is 3. The number of nitrogens with zero attached hydrogens (tertiary/aromatic N) is 2. The van der Waals surface area contributed by atoms with E-state index >= 15 is 0 Å². The second-order valence-electron chi connectivity index (χ2n) is 5.50. The molecular formula is C19H15Cl3N2. The molecule has 1 heterocycles. The van der Waals surface area contributed by atoms with Crippen LogP contribution in [0.1, 0.15) is 17.0 Å². The maximum absolute atomic E-state index is 6.17. The predicted octanol–water partition coefficient (Wildman–Crippen LogP) is 6.80. The minimum absolute atomic E-state index is 0.530. The molecule has 3 aromatic rings. The van der Waals surface area contributed by atoms with Crippen molar-refractivity contribution < 1.29 is 0 Å². The highest BCUT2D eigenvalue weighted by molar-refractivity contribution is 6.36. The Labute approximate surface area is 156 Å². The molecule has 1 aromatic heterocycles. The van der Waals surface area contributed by atoms with Crippen LogP contribution in [-0.4, -0.2) is 10.8 Å². The van der Waals surface area contributed by atoms with Crippen LogP contribution in [0, 0.1) is 13.8 Å². The Kier molecular flexibility index (Phi) is 5.00. The molecule has 0 amide bonds. The van der Waals surface area contributed by atoms with E-state index in [2.05, 4.69) is 29.5 Å². The average molecular weight is 378 g/mol. The zero-order valence-electron chi connectivity index (χ0n) is 13.2. The lowest BCUT2D eigenvalue weighted by Gasteiger charge is -2.09. The topological polar surface area (TPSA) is 17.3 Å². The molecule has 0 unspecified atom stereocenters. The van der Waals surface area contributed by atoms with Gasteiger partial charge < -0.3 is 4.57 Å². The van der Waals surface area contributed by atoms with Gasteiger partial charge in [-0.05, 0) is 56.3 Å². The number of benzene rings is 2. The van der Waals surface area contributed by atoms with Gasteiger partial charge in [0.25, 0.3) is 0 Å². The second-order valence-corrected chi connectivity index (χ2v) is 6.78. The van der Waals surface area contributed by atoms with E-state index < -0.39 is 0 Å². The summed E-state index contributed by atoms with van der Waals surface area (Å²) in [5.74, 6) is 0. The largest absolute Gasteiger partial charge is 0.318 e. The first-order valence-corrected chi connectivity index (χ1v) is 8.53. The van der Waals surface area contributed by atoms with Gasteiger partial charge in [-0.2, -0.15) is 0 Å². The summed E-state index contributed by atoms with van der Waals surface area (Å²) in [7, 11) is 0. The third kappa shape index (κ3) is 3.51. The Bertz CT molecular complexity index is 926. The first kappa shape index (κ1) is 17.1. The predicted molar refractivity (Wildman–Crippen MR) is 104 cm³/mol. The molecule has 0 saturated heterocycles. The lowest BCUT2D eigenvalue weighted by molar-refractivity contribution is 0.965. The Morgan fingerprint density at radius 2 is 1.67 bits per heavy atom. The highest BCUT2D eigenvalue weighted by Gasteiger charge is 2.10. The van der Waals surface area contributed by atoms with Crippen LogP contribution in [0.5, 0.6) is 0 Å². The maximum atomic E-state index is 6.17. The van der Waals surface area contributed by atoms with E-state index in [1.54, 1.807) is 18.2 Å². The van der Waals surface area contributed by atoms with Gasteiger partial charge in [0.1, 0.15) is 0 Å². The summed E-state index contributed by atoms with van der Waals surface area (Å²) in [5.41, 5.74) is 4.94. The van der Waals surface area contributed by atoms with Crippen LogP contribution in [0.4, 0.5) is 5.69 Å². The van der Waals surface area contributed by atoms with E-state index in [-0.39, 0.29) is 0 Å². The monoisotopic (exact) mass is 376 g/mol. The summed E-state index contributed by atoms with van der Waals surface area (Å²) in [6, 6.07) is 15.1. The Morgan fingerprint density at radius 3 is 2.38 bits per heavy atom. The molecule has 0 aliphatic rings. The van der Waals surface area contributed by atoms with Gasteiger partial charge in [-0.1, -0.05) is 40.9 Å². The van der Waals surface area contributed by atoms with E-state index in [1.165, 1.54) is 0 Å². The van der Waals surface area contributed by atoms with Gasteiger partial charge in [-0.3, -0.25) is 4.99 Å². The highest BCUT2D eigenvalue weighted by Crippen LogP contribution is 2.28. The van der Waals surface area contributed by atoms with E-state index in [0.717, 1.165) is 22.6 Å². The standard InChI is InChI=1S/C19H15Cl3N2/c1-12-8-14(11-23-19-7-6-16(21)10-18(19)22)13(2)24(12)17-5-3-4-15(20)9-17/h3-11H,1-2H3. The third-order valence-corrected chi connectivity index (χ3v) is 4.56. The van der Waals surface area contributed by atoms with E-state index in [4.69, 9.17) is 34.8 Å². The summed E-state index contributed by atoms with van der Waals surface area (Å²) in [5, 5.41) is 1.84. The number of hydrogen-bond donors (Lipinski definition) is 0. The molecule has 0 bridgehead atoms. The zero-order chi connectivity index (χ0) is 17.3.